The number of hydrogen-bond donors (Lipinski definition) is 0. The fraction of sp³-hybridized carbons (Fsp3) is 0.845. The smallest absolute Gasteiger partial charge is 0.306 e. The van der Waals surface area contributed by atoms with Crippen LogP contribution < -0.4 is 0 Å². The number of allylic oxidation sites excluding steroid dienone is 6. The van der Waals surface area contributed by atoms with Gasteiger partial charge in [0, 0.05) is 19.3 Å². The lowest BCUT2D eigenvalue weighted by Crippen LogP contribution is -2.30. The van der Waals surface area contributed by atoms with Crippen LogP contribution in [0.25, 0.3) is 0 Å². The van der Waals surface area contributed by atoms with E-state index in [1.807, 2.05) is 0 Å². The molecule has 1 atom stereocenters. The quantitative estimate of drug-likeness (QED) is 0.0262. The number of carbonyl (C=O) groups excluding carboxylic acids is 3. The zero-order valence-corrected chi connectivity index (χ0v) is 42.8. The average molecular weight is 899 g/mol. The minimum Gasteiger partial charge on any atom is -0.462 e. The molecule has 0 amide bonds. The predicted octanol–water partition coefficient (Wildman–Crippen LogP) is 18.5. The number of unbranched alkanes of at least 4 members (excludes halogenated alkanes) is 34. The van der Waals surface area contributed by atoms with Crippen LogP contribution in [0.3, 0.4) is 0 Å². The summed E-state index contributed by atoms with van der Waals surface area (Å²) in [6.45, 7) is 6.58. The fourth-order valence-corrected chi connectivity index (χ4v) is 8.12. The Balaban J connectivity index is 4.29. The molecule has 64 heavy (non-hydrogen) atoms. The van der Waals surface area contributed by atoms with Crippen LogP contribution in [0.5, 0.6) is 0 Å². The van der Waals surface area contributed by atoms with Gasteiger partial charge in [0.2, 0.25) is 0 Å². The van der Waals surface area contributed by atoms with Crippen molar-refractivity contribution in [2.24, 2.45) is 0 Å². The van der Waals surface area contributed by atoms with Crippen molar-refractivity contribution in [3.8, 4) is 0 Å². The number of hydrogen-bond acceptors (Lipinski definition) is 6. The molecule has 0 aromatic rings. The SMILES string of the molecule is CCC/C=C\CCCCCCCC(=O)OCC(COC(=O)CCCCCCCCC/C=C\C/C=C\CCCCCC)OC(=O)CCCCCCCCCCCCCCCCCCCC. The summed E-state index contributed by atoms with van der Waals surface area (Å²) in [4.78, 5) is 38.0. The van der Waals surface area contributed by atoms with Crippen LogP contribution in [0.2, 0.25) is 0 Å². The Labute approximate surface area is 397 Å². The molecular weight excluding hydrogens is 793 g/mol. The van der Waals surface area contributed by atoms with E-state index in [2.05, 4.69) is 57.2 Å². The van der Waals surface area contributed by atoms with Gasteiger partial charge in [-0.3, -0.25) is 14.4 Å². The topological polar surface area (TPSA) is 78.9 Å². The summed E-state index contributed by atoms with van der Waals surface area (Å²) in [5.41, 5.74) is 0. The maximum absolute atomic E-state index is 12.8. The Morgan fingerprint density at radius 3 is 0.953 bits per heavy atom. The Kier molecular flexibility index (Phi) is 51.3. The van der Waals surface area contributed by atoms with E-state index in [9.17, 15) is 14.4 Å². The van der Waals surface area contributed by atoms with Gasteiger partial charge in [0.25, 0.3) is 0 Å². The van der Waals surface area contributed by atoms with Crippen molar-refractivity contribution in [1.82, 2.24) is 0 Å². The van der Waals surface area contributed by atoms with Gasteiger partial charge in [-0.2, -0.15) is 0 Å². The molecule has 1 unspecified atom stereocenters. The number of ether oxygens (including phenoxy) is 3. The number of carbonyl (C=O) groups is 3. The predicted molar refractivity (Wildman–Crippen MR) is 275 cm³/mol. The summed E-state index contributed by atoms with van der Waals surface area (Å²) in [5, 5.41) is 0. The van der Waals surface area contributed by atoms with Crippen LogP contribution >= 0.6 is 0 Å². The van der Waals surface area contributed by atoms with E-state index >= 15 is 0 Å². The molecular formula is C58H106O6. The second-order valence-corrected chi connectivity index (χ2v) is 18.8. The molecule has 0 aromatic heterocycles. The Morgan fingerprint density at radius 1 is 0.312 bits per heavy atom. The Hall–Kier alpha value is -2.37. The number of esters is 3. The minimum atomic E-state index is -0.775. The van der Waals surface area contributed by atoms with E-state index in [0.29, 0.717) is 19.3 Å². The molecule has 0 aromatic carbocycles. The van der Waals surface area contributed by atoms with E-state index in [4.69, 9.17) is 14.2 Å². The van der Waals surface area contributed by atoms with Crippen molar-refractivity contribution in [2.75, 3.05) is 13.2 Å². The van der Waals surface area contributed by atoms with E-state index in [1.54, 1.807) is 0 Å². The van der Waals surface area contributed by atoms with Crippen LogP contribution in [0.15, 0.2) is 36.5 Å². The molecule has 6 nitrogen and oxygen atoms in total. The standard InChI is InChI=1S/C58H106O6/c1-4-7-10-13-16-19-22-24-26-28-30-32-34-36-39-42-45-48-51-57(60)63-54-55(53-62-56(59)50-47-44-41-38-21-18-15-12-9-6-3)64-58(61)52-49-46-43-40-37-35-33-31-29-27-25-23-20-17-14-11-8-5-2/h12,15,19,22,26,28,55H,4-11,13-14,16-18,20-21,23-25,27,29-54H2,1-3H3/b15-12-,22-19-,28-26-. The molecule has 6 heteroatoms. The van der Waals surface area contributed by atoms with Gasteiger partial charge < -0.3 is 14.2 Å². The zero-order valence-electron chi connectivity index (χ0n) is 42.8. The molecule has 0 heterocycles. The second-order valence-electron chi connectivity index (χ2n) is 18.8. The minimum absolute atomic E-state index is 0.0759. The van der Waals surface area contributed by atoms with Gasteiger partial charge in [0.05, 0.1) is 0 Å². The van der Waals surface area contributed by atoms with E-state index in [1.165, 1.54) is 173 Å². The van der Waals surface area contributed by atoms with Gasteiger partial charge in [-0.25, -0.2) is 0 Å². The first-order valence-corrected chi connectivity index (χ1v) is 28.0. The van der Waals surface area contributed by atoms with Crippen molar-refractivity contribution in [3.05, 3.63) is 36.5 Å². The van der Waals surface area contributed by atoms with Gasteiger partial charge in [-0.1, -0.05) is 243 Å². The second kappa shape index (κ2) is 53.2. The van der Waals surface area contributed by atoms with Crippen LogP contribution in [0.1, 0.15) is 297 Å². The first kappa shape index (κ1) is 61.6. The third-order valence-corrected chi connectivity index (χ3v) is 12.3. The van der Waals surface area contributed by atoms with Gasteiger partial charge in [0.1, 0.15) is 13.2 Å². The molecule has 0 aliphatic rings. The van der Waals surface area contributed by atoms with Crippen molar-refractivity contribution in [1.29, 1.82) is 0 Å². The van der Waals surface area contributed by atoms with Crippen molar-refractivity contribution in [3.63, 3.8) is 0 Å². The zero-order chi connectivity index (χ0) is 46.5. The maximum atomic E-state index is 12.8. The average Bonchev–Trinajstić information content (AvgIpc) is 3.29. The van der Waals surface area contributed by atoms with E-state index < -0.39 is 6.10 Å². The number of rotatable bonds is 51. The van der Waals surface area contributed by atoms with Gasteiger partial charge in [-0.15, -0.1) is 0 Å². The lowest BCUT2D eigenvalue weighted by atomic mass is 10.0. The summed E-state index contributed by atoms with van der Waals surface area (Å²) in [6.07, 6.45) is 62.8. The summed E-state index contributed by atoms with van der Waals surface area (Å²) >= 11 is 0. The first-order valence-electron chi connectivity index (χ1n) is 28.0. The summed E-state index contributed by atoms with van der Waals surface area (Å²) < 4.78 is 16.8. The monoisotopic (exact) mass is 899 g/mol. The molecule has 0 saturated heterocycles. The molecule has 0 aliphatic heterocycles. The molecule has 0 saturated carbocycles. The molecule has 0 radical (unpaired) electrons. The lowest BCUT2D eigenvalue weighted by molar-refractivity contribution is -0.167. The third-order valence-electron chi connectivity index (χ3n) is 12.3. The Bertz CT molecular complexity index is 1080. The lowest BCUT2D eigenvalue weighted by Gasteiger charge is -2.18. The highest BCUT2D eigenvalue weighted by molar-refractivity contribution is 5.71. The molecule has 0 fully saturated rings. The van der Waals surface area contributed by atoms with Gasteiger partial charge in [-0.05, 0) is 70.6 Å². The van der Waals surface area contributed by atoms with E-state index in [-0.39, 0.29) is 31.1 Å². The normalized spacial score (nSPS) is 12.2. The molecule has 0 spiro atoms. The van der Waals surface area contributed by atoms with Crippen molar-refractivity contribution in [2.45, 2.75) is 303 Å². The Morgan fingerprint density at radius 2 is 0.594 bits per heavy atom. The molecule has 374 valence electrons. The molecule has 0 N–H and O–H groups in total. The first-order chi connectivity index (χ1) is 31.5. The van der Waals surface area contributed by atoms with Crippen molar-refractivity contribution >= 4 is 17.9 Å². The van der Waals surface area contributed by atoms with Crippen LogP contribution in [0.4, 0.5) is 0 Å². The molecule has 0 aliphatic carbocycles. The molecule has 0 rings (SSSR count). The maximum Gasteiger partial charge on any atom is 0.306 e. The van der Waals surface area contributed by atoms with Gasteiger partial charge >= 0.3 is 17.9 Å². The van der Waals surface area contributed by atoms with E-state index in [0.717, 1.165) is 83.5 Å². The third kappa shape index (κ3) is 50.6. The van der Waals surface area contributed by atoms with Crippen LogP contribution in [-0.4, -0.2) is 37.2 Å². The fourth-order valence-electron chi connectivity index (χ4n) is 8.12. The largest absolute Gasteiger partial charge is 0.462 e. The van der Waals surface area contributed by atoms with Crippen LogP contribution in [0, 0.1) is 0 Å². The van der Waals surface area contributed by atoms with Crippen molar-refractivity contribution < 1.29 is 28.6 Å². The summed E-state index contributed by atoms with van der Waals surface area (Å²) in [5.74, 6) is -0.879. The van der Waals surface area contributed by atoms with Crippen LogP contribution in [-0.2, 0) is 28.6 Å². The summed E-state index contributed by atoms with van der Waals surface area (Å²) in [7, 11) is 0. The van der Waals surface area contributed by atoms with Gasteiger partial charge in [0.15, 0.2) is 6.10 Å². The highest BCUT2D eigenvalue weighted by Gasteiger charge is 2.19. The highest BCUT2D eigenvalue weighted by atomic mass is 16.6. The molecule has 0 bridgehead atoms. The summed E-state index contributed by atoms with van der Waals surface area (Å²) in [6, 6.07) is 0. The highest BCUT2D eigenvalue weighted by Crippen LogP contribution is 2.16.